The van der Waals surface area contributed by atoms with Crippen LogP contribution in [-0.4, -0.2) is 54.0 Å². The molecule has 2 rings (SSSR count). The van der Waals surface area contributed by atoms with Crippen LogP contribution in [0.25, 0.3) is 0 Å². The molecule has 0 aromatic heterocycles. The summed E-state index contributed by atoms with van der Waals surface area (Å²) in [6, 6.07) is 8.51. The van der Waals surface area contributed by atoms with Gasteiger partial charge in [0.05, 0.1) is 7.11 Å². The molecule has 0 radical (unpaired) electrons. The van der Waals surface area contributed by atoms with Gasteiger partial charge in [-0.2, -0.15) is 0 Å². The molecule has 0 saturated heterocycles. The molecule has 3 atom stereocenters. The molecule has 6 nitrogen and oxygen atoms in total. The Kier molecular flexibility index (Phi) is 4.13. The first-order chi connectivity index (χ1) is 9.13. The van der Waals surface area contributed by atoms with Crippen LogP contribution in [0, 0.1) is 0 Å². The van der Waals surface area contributed by atoms with Gasteiger partial charge >= 0.3 is 5.97 Å². The van der Waals surface area contributed by atoms with Crippen LogP contribution < -0.4 is 0 Å². The molecule has 0 aliphatic carbocycles. The van der Waals surface area contributed by atoms with Gasteiger partial charge in [-0.3, -0.25) is 0 Å². The number of aliphatic hydroxyl groups is 2. The summed E-state index contributed by atoms with van der Waals surface area (Å²) < 4.78 is 9.73. The molecule has 1 aliphatic heterocycles. The van der Waals surface area contributed by atoms with Gasteiger partial charge in [-0.05, 0) is 12.1 Å². The predicted octanol–water partition coefficient (Wildman–Crippen LogP) is -0.273. The predicted molar refractivity (Wildman–Crippen MR) is 66.7 cm³/mol. The normalized spacial score (nSPS) is 21.2. The Morgan fingerprint density at radius 3 is 2.74 bits per heavy atom. The van der Waals surface area contributed by atoms with Crippen LogP contribution >= 0.6 is 0 Å². The molecule has 1 aliphatic rings. The minimum atomic E-state index is -1.63. The highest BCUT2D eigenvalue weighted by molar-refractivity contribution is 5.95. The summed E-state index contributed by atoms with van der Waals surface area (Å²) in [6.45, 7) is 0.111. The maximum Gasteiger partial charge on any atom is 0.337 e. The largest absolute Gasteiger partial charge is 0.475 e. The number of nitrogens with zero attached hydrogens (tertiary/aromatic N) is 1. The van der Waals surface area contributed by atoms with Crippen LogP contribution in [0.2, 0.25) is 0 Å². The van der Waals surface area contributed by atoms with Gasteiger partial charge in [0.15, 0.2) is 6.10 Å². The number of carbonyl (C=O) groups excluding carboxylic acids is 1. The fraction of sp³-hybridized carbons (Fsp3) is 0.385. The second kappa shape index (κ2) is 5.81. The van der Waals surface area contributed by atoms with Gasteiger partial charge in [-0.25, -0.2) is 9.79 Å². The lowest BCUT2D eigenvalue weighted by Crippen LogP contribution is -2.42. The van der Waals surface area contributed by atoms with E-state index in [-0.39, 0.29) is 6.61 Å². The lowest BCUT2D eigenvalue weighted by molar-refractivity contribution is -0.157. The van der Waals surface area contributed by atoms with Gasteiger partial charge in [-0.1, -0.05) is 18.2 Å². The van der Waals surface area contributed by atoms with Crippen molar-refractivity contribution < 1.29 is 24.5 Å². The molecule has 2 N–H and O–H groups in total. The standard InChI is InChI=1S/C13H15NO5/c1-18-13(17)11(16)10(15)9-7-19-12(14-9)8-5-3-2-4-6-8/h2-6,9-11,15-16H,7H2,1H3/t9-,10-,11-/m0/s1. The number of hydrogen-bond acceptors (Lipinski definition) is 6. The molecule has 0 amide bonds. The van der Waals surface area contributed by atoms with E-state index < -0.39 is 24.2 Å². The van der Waals surface area contributed by atoms with E-state index in [9.17, 15) is 15.0 Å². The van der Waals surface area contributed by atoms with Crippen molar-refractivity contribution in [3.8, 4) is 0 Å². The van der Waals surface area contributed by atoms with E-state index in [1.807, 2.05) is 30.3 Å². The maximum atomic E-state index is 11.1. The van der Waals surface area contributed by atoms with Crippen molar-refractivity contribution in [2.75, 3.05) is 13.7 Å². The minimum Gasteiger partial charge on any atom is -0.475 e. The zero-order valence-electron chi connectivity index (χ0n) is 10.4. The Morgan fingerprint density at radius 2 is 2.11 bits per heavy atom. The first kappa shape index (κ1) is 13.5. The van der Waals surface area contributed by atoms with E-state index in [0.717, 1.165) is 12.7 Å². The van der Waals surface area contributed by atoms with Gasteiger partial charge < -0.3 is 19.7 Å². The highest BCUT2D eigenvalue weighted by Gasteiger charge is 2.35. The van der Waals surface area contributed by atoms with E-state index in [4.69, 9.17) is 4.74 Å². The van der Waals surface area contributed by atoms with Crippen LogP contribution in [0.1, 0.15) is 5.56 Å². The number of methoxy groups -OCH3 is 1. The number of carbonyl (C=O) groups is 1. The van der Waals surface area contributed by atoms with Crippen molar-refractivity contribution >= 4 is 11.9 Å². The summed E-state index contributed by atoms with van der Waals surface area (Å²) in [6.07, 6.45) is -2.98. The van der Waals surface area contributed by atoms with E-state index in [1.165, 1.54) is 0 Å². The average molecular weight is 265 g/mol. The number of aliphatic hydroxyl groups excluding tert-OH is 2. The molecular weight excluding hydrogens is 250 g/mol. The second-order valence-corrected chi connectivity index (χ2v) is 4.14. The number of rotatable bonds is 4. The fourth-order valence-electron chi connectivity index (χ4n) is 1.77. The fourth-order valence-corrected chi connectivity index (χ4v) is 1.77. The zero-order chi connectivity index (χ0) is 13.8. The molecule has 1 aromatic carbocycles. The Hall–Kier alpha value is -1.92. The van der Waals surface area contributed by atoms with Gasteiger partial charge in [-0.15, -0.1) is 0 Å². The zero-order valence-corrected chi connectivity index (χ0v) is 10.4. The molecular formula is C13H15NO5. The molecule has 6 heteroatoms. The SMILES string of the molecule is COC(=O)[C@@H](O)[C@@H](O)[C@@H]1COC(c2ccccc2)=N1. The van der Waals surface area contributed by atoms with Gasteiger partial charge in [0.1, 0.15) is 18.8 Å². The van der Waals surface area contributed by atoms with Crippen molar-refractivity contribution in [1.29, 1.82) is 0 Å². The summed E-state index contributed by atoms with van der Waals surface area (Å²) in [5, 5.41) is 19.4. The molecule has 0 fully saturated rings. The number of ether oxygens (including phenoxy) is 2. The van der Waals surface area contributed by atoms with E-state index >= 15 is 0 Å². The Balaban J connectivity index is 2.08. The molecule has 0 saturated carbocycles. The Morgan fingerprint density at radius 1 is 1.42 bits per heavy atom. The van der Waals surface area contributed by atoms with Crippen molar-refractivity contribution in [1.82, 2.24) is 0 Å². The summed E-state index contributed by atoms with van der Waals surface area (Å²) in [5.74, 6) is -0.502. The highest BCUT2D eigenvalue weighted by Crippen LogP contribution is 2.16. The molecule has 102 valence electrons. The topological polar surface area (TPSA) is 88.4 Å². The molecule has 0 bridgehead atoms. The highest BCUT2D eigenvalue weighted by atomic mass is 16.5. The van der Waals surface area contributed by atoms with Crippen LogP contribution in [0.5, 0.6) is 0 Å². The van der Waals surface area contributed by atoms with E-state index in [1.54, 1.807) is 0 Å². The number of esters is 1. The quantitative estimate of drug-likeness (QED) is 0.731. The van der Waals surface area contributed by atoms with Gasteiger partial charge in [0, 0.05) is 5.56 Å². The smallest absolute Gasteiger partial charge is 0.337 e. The van der Waals surface area contributed by atoms with Crippen molar-refractivity contribution in [2.45, 2.75) is 18.2 Å². The van der Waals surface area contributed by atoms with Crippen molar-refractivity contribution in [2.24, 2.45) is 4.99 Å². The van der Waals surface area contributed by atoms with Crippen LogP contribution in [0.15, 0.2) is 35.3 Å². The Bertz CT molecular complexity index is 473. The van der Waals surface area contributed by atoms with Crippen LogP contribution in [0.4, 0.5) is 0 Å². The lowest BCUT2D eigenvalue weighted by Gasteiger charge is -2.18. The van der Waals surface area contributed by atoms with Crippen molar-refractivity contribution in [3.63, 3.8) is 0 Å². The molecule has 1 heterocycles. The number of aliphatic imine (C=N–C) groups is 1. The first-order valence-electron chi connectivity index (χ1n) is 5.83. The lowest BCUT2D eigenvalue weighted by atomic mass is 10.1. The number of hydrogen-bond donors (Lipinski definition) is 2. The van der Waals surface area contributed by atoms with Crippen molar-refractivity contribution in [3.05, 3.63) is 35.9 Å². The summed E-state index contributed by atoms with van der Waals surface area (Å²) in [5.41, 5.74) is 0.782. The second-order valence-electron chi connectivity index (χ2n) is 4.14. The van der Waals surface area contributed by atoms with E-state index in [2.05, 4.69) is 9.73 Å². The van der Waals surface area contributed by atoms with E-state index in [0.29, 0.717) is 5.90 Å². The minimum absolute atomic E-state index is 0.111. The third-order valence-corrected chi connectivity index (χ3v) is 2.86. The first-order valence-corrected chi connectivity index (χ1v) is 5.83. The summed E-state index contributed by atoms with van der Waals surface area (Å²) in [7, 11) is 1.14. The summed E-state index contributed by atoms with van der Waals surface area (Å²) >= 11 is 0. The number of benzene rings is 1. The average Bonchev–Trinajstić information content (AvgIpc) is 2.95. The summed E-state index contributed by atoms with van der Waals surface area (Å²) in [4.78, 5) is 15.3. The molecule has 1 aromatic rings. The third-order valence-electron chi connectivity index (χ3n) is 2.86. The van der Waals surface area contributed by atoms with Gasteiger partial charge in [0.2, 0.25) is 5.90 Å². The third kappa shape index (κ3) is 2.91. The monoisotopic (exact) mass is 265 g/mol. The molecule has 0 unspecified atom stereocenters. The van der Waals surface area contributed by atoms with Gasteiger partial charge in [0.25, 0.3) is 0 Å². The molecule has 19 heavy (non-hydrogen) atoms. The Labute approximate surface area is 110 Å². The molecule has 0 spiro atoms. The van der Waals surface area contributed by atoms with Crippen LogP contribution in [-0.2, 0) is 14.3 Å². The maximum absolute atomic E-state index is 11.1. The van der Waals surface area contributed by atoms with Crippen LogP contribution in [0.3, 0.4) is 0 Å².